The molecule has 4 atom stereocenters. The van der Waals surface area contributed by atoms with E-state index in [1.54, 1.807) is 19.1 Å². The number of benzene rings is 2. The number of nitrogens with zero attached hydrogens (tertiary/aromatic N) is 4. The van der Waals surface area contributed by atoms with Crippen molar-refractivity contribution in [1.29, 1.82) is 0 Å². The molecular formula is C23H17FN4O5. The quantitative estimate of drug-likeness (QED) is 0.308. The third-order valence-electron chi connectivity index (χ3n) is 6.33. The van der Waals surface area contributed by atoms with Gasteiger partial charge < -0.3 is 0 Å². The summed E-state index contributed by atoms with van der Waals surface area (Å²) in [6.45, 7) is 1.64. The number of carbonyl (C=O) groups is 3. The SMILES string of the molecule is Cc1ccc([N+](=O)[O-])cc1N1C(=O)C2C(C1=O)C(C(=O)c1ccc(F)cc1)N1N=CC=CC21. The molecule has 0 spiro atoms. The van der Waals surface area contributed by atoms with Gasteiger partial charge in [-0.05, 0) is 42.8 Å². The molecular weight excluding hydrogens is 431 g/mol. The van der Waals surface area contributed by atoms with Gasteiger partial charge in [-0.15, -0.1) is 0 Å². The van der Waals surface area contributed by atoms with Crippen LogP contribution in [0.2, 0.25) is 0 Å². The molecule has 10 heteroatoms. The topological polar surface area (TPSA) is 113 Å². The summed E-state index contributed by atoms with van der Waals surface area (Å²) < 4.78 is 13.4. The van der Waals surface area contributed by atoms with Crippen molar-refractivity contribution in [2.24, 2.45) is 16.9 Å². The number of halogens is 1. The lowest BCUT2D eigenvalue weighted by Crippen LogP contribution is -2.46. The van der Waals surface area contributed by atoms with E-state index in [4.69, 9.17) is 0 Å². The van der Waals surface area contributed by atoms with Crippen LogP contribution in [0.3, 0.4) is 0 Å². The molecule has 0 N–H and O–H groups in total. The number of carbonyl (C=O) groups excluding carboxylic acids is 3. The number of Topliss-reactive ketones (excluding diaryl/α,β-unsaturated/α-hetero) is 1. The Morgan fingerprint density at radius 2 is 1.79 bits per heavy atom. The van der Waals surface area contributed by atoms with Crippen molar-refractivity contribution in [2.75, 3.05) is 4.90 Å². The largest absolute Gasteiger partial charge is 0.292 e. The van der Waals surface area contributed by atoms with Gasteiger partial charge in [0, 0.05) is 23.9 Å². The van der Waals surface area contributed by atoms with Crippen molar-refractivity contribution in [3.8, 4) is 0 Å². The number of allylic oxidation sites excluding steroid dienone is 1. The number of nitro groups is 1. The van der Waals surface area contributed by atoms with Gasteiger partial charge in [-0.3, -0.25) is 29.5 Å². The van der Waals surface area contributed by atoms with Gasteiger partial charge >= 0.3 is 0 Å². The molecule has 2 amide bonds. The third kappa shape index (κ3) is 3.05. The molecule has 166 valence electrons. The smallest absolute Gasteiger partial charge is 0.271 e. The van der Waals surface area contributed by atoms with Crippen LogP contribution in [0.25, 0.3) is 0 Å². The Kier molecular flexibility index (Phi) is 4.66. The highest BCUT2D eigenvalue weighted by Gasteiger charge is 2.64. The molecule has 0 radical (unpaired) electrons. The van der Waals surface area contributed by atoms with Crippen LogP contribution in [0.5, 0.6) is 0 Å². The minimum absolute atomic E-state index is 0.122. The van der Waals surface area contributed by atoms with E-state index in [0.29, 0.717) is 5.56 Å². The number of fused-ring (bicyclic) bond motifs is 3. The van der Waals surface area contributed by atoms with Crippen LogP contribution < -0.4 is 4.90 Å². The summed E-state index contributed by atoms with van der Waals surface area (Å²) in [5.74, 6) is -4.06. The summed E-state index contributed by atoms with van der Waals surface area (Å²) in [5.41, 5.74) is 0.570. The van der Waals surface area contributed by atoms with Gasteiger partial charge in [-0.1, -0.05) is 12.1 Å². The molecule has 9 nitrogen and oxygen atoms in total. The zero-order chi connectivity index (χ0) is 23.4. The van der Waals surface area contributed by atoms with Crippen molar-refractivity contribution in [2.45, 2.75) is 19.0 Å². The number of amides is 2. The molecule has 2 saturated heterocycles. The molecule has 0 saturated carbocycles. The minimum atomic E-state index is -1.08. The van der Waals surface area contributed by atoms with Crippen molar-refractivity contribution in [1.82, 2.24) is 5.01 Å². The van der Waals surface area contributed by atoms with Crippen LogP contribution in [0.4, 0.5) is 15.8 Å². The molecule has 3 heterocycles. The van der Waals surface area contributed by atoms with Gasteiger partial charge in [-0.2, -0.15) is 5.10 Å². The number of hydrogen-bond donors (Lipinski definition) is 0. The lowest BCUT2D eigenvalue weighted by Gasteiger charge is -2.30. The van der Waals surface area contributed by atoms with Crippen LogP contribution in [0.15, 0.2) is 59.7 Å². The van der Waals surface area contributed by atoms with Gasteiger partial charge in [0.25, 0.3) is 5.69 Å². The van der Waals surface area contributed by atoms with E-state index < -0.39 is 52.3 Å². The predicted molar refractivity (Wildman–Crippen MR) is 115 cm³/mol. The Morgan fingerprint density at radius 1 is 1.09 bits per heavy atom. The molecule has 2 aromatic rings. The maximum atomic E-state index is 13.6. The van der Waals surface area contributed by atoms with Crippen LogP contribution in [0, 0.1) is 34.7 Å². The van der Waals surface area contributed by atoms with Crippen LogP contribution in [0.1, 0.15) is 15.9 Å². The van der Waals surface area contributed by atoms with Gasteiger partial charge in [0.2, 0.25) is 11.8 Å². The highest BCUT2D eigenvalue weighted by Crippen LogP contribution is 2.47. The van der Waals surface area contributed by atoms with E-state index in [0.717, 1.165) is 17.0 Å². The molecule has 33 heavy (non-hydrogen) atoms. The average Bonchev–Trinajstić information content (AvgIpc) is 3.27. The Labute approximate surface area is 186 Å². The van der Waals surface area contributed by atoms with Crippen molar-refractivity contribution >= 4 is 35.2 Å². The number of imide groups is 1. The molecule has 0 aliphatic carbocycles. The zero-order valence-corrected chi connectivity index (χ0v) is 17.3. The van der Waals surface area contributed by atoms with Crippen molar-refractivity contribution in [3.63, 3.8) is 0 Å². The summed E-state index contributed by atoms with van der Waals surface area (Å²) in [6.07, 6.45) is 4.82. The van der Waals surface area contributed by atoms with Crippen LogP contribution in [-0.2, 0) is 9.59 Å². The number of hydrazone groups is 1. The number of aryl methyl sites for hydroxylation is 1. The number of nitro benzene ring substituents is 1. The van der Waals surface area contributed by atoms with Gasteiger partial charge in [-0.25, -0.2) is 9.29 Å². The van der Waals surface area contributed by atoms with E-state index in [9.17, 15) is 28.9 Å². The Bertz CT molecular complexity index is 1270. The van der Waals surface area contributed by atoms with Crippen LogP contribution in [-0.4, -0.2) is 45.8 Å². The molecule has 4 unspecified atom stereocenters. The monoisotopic (exact) mass is 448 g/mol. The second-order valence-corrected chi connectivity index (χ2v) is 8.13. The molecule has 3 aliphatic rings. The molecule has 3 aliphatic heterocycles. The lowest BCUT2D eigenvalue weighted by atomic mass is 9.86. The molecule has 2 aromatic carbocycles. The molecule has 0 aromatic heterocycles. The second kappa shape index (κ2) is 7.44. The molecule has 2 fully saturated rings. The maximum Gasteiger partial charge on any atom is 0.271 e. The Morgan fingerprint density at radius 3 is 2.48 bits per heavy atom. The van der Waals surface area contributed by atoms with E-state index >= 15 is 0 Å². The lowest BCUT2D eigenvalue weighted by molar-refractivity contribution is -0.384. The minimum Gasteiger partial charge on any atom is -0.292 e. The van der Waals surface area contributed by atoms with E-state index in [1.165, 1.54) is 41.6 Å². The summed E-state index contributed by atoms with van der Waals surface area (Å²) in [4.78, 5) is 52.1. The van der Waals surface area contributed by atoms with Gasteiger partial charge in [0.15, 0.2) is 5.78 Å². The Balaban J connectivity index is 1.59. The second-order valence-electron chi connectivity index (χ2n) is 8.13. The fourth-order valence-corrected chi connectivity index (χ4v) is 4.81. The Hall–Kier alpha value is -4.21. The van der Waals surface area contributed by atoms with Gasteiger partial charge in [0.05, 0.1) is 28.5 Å². The molecule has 0 bridgehead atoms. The van der Waals surface area contributed by atoms with Crippen molar-refractivity contribution < 1.29 is 23.7 Å². The first-order chi connectivity index (χ1) is 15.8. The summed E-state index contributed by atoms with van der Waals surface area (Å²) >= 11 is 0. The first-order valence-corrected chi connectivity index (χ1v) is 10.2. The first kappa shape index (κ1) is 20.7. The third-order valence-corrected chi connectivity index (χ3v) is 6.33. The number of rotatable bonds is 4. The highest BCUT2D eigenvalue weighted by molar-refractivity contribution is 6.25. The average molecular weight is 448 g/mol. The van der Waals surface area contributed by atoms with E-state index in [-0.39, 0.29) is 16.9 Å². The number of non-ortho nitro benzene ring substituents is 1. The summed E-state index contributed by atoms with van der Waals surface area (Å²) in [5, 5.41) is 17.0. The highest BCUT2D eigenvalue weighted by atomic mass is 19.1. The fraction of sp³-hybridized carbons (Fsp3) is 0.217. The summed E-state index contributed by atoms with van der Waals surface area (Å²) in [6, 6.07) is 7.21. The zero-order valence-electron chi connectivity index (χ0n) is 17.3. The number of anilines is 1. The number of hydrogen-bond acceptors (Lipinski definition) is 7. The fourth-order valence-electron chi connectivity index (χ4n) is 4.81. The normalized spacial score (nSPS) is 25.4. The maximum absolute atomic E-state index is 13.6. The standard InChI is InChI=1S/C23H17FN4O5/c1-12-4-9-15(28(32)33)11-17(12)26-22(30)18-16-3-2-10-25-27(16)20(19(18)23(26)31)21(29)13-5-7-14(24)8-6-13/h2-11,16,18-20H,1H3. The van der Waals surface area contributed by atoms with Crippen LogP contribution >= 0.6 is 0 Å². The summed E-state index contributed by atoms with van der Waals surface area (Å²) in [7, 11) is 0. The molecule has 5 rings (SSSR count). The van der Waals surface area contributed by atoms with Crippen molar-refractivity contribution in [3.05, 3.63) is 81.7 Å². The first-order valence-electron chi connectivity index (χ1n) is 10.2. The predicted octanol–water partition coefficient (Wildman–Crippen LogP) is 2.64. The number of ketones is 1. The van der Waals surface area contributed by atoms with E-state index in [2.05, 4.69) is 5.10 Å². The van der Waals surface area contributed by atoms with Gasteiger partial charge in [0.1, 0.15) is 11.9 Å². The van der Waals surface area contributed by atoms with E-state index in [1.807, 2.05) is 0 Å².